The molecule has 13 heavy (non-hydrogen) atoms. The van der Waals surface area contributed by atoms with Crippen LogP contribution in [0.1, 0.15) is 0 Å². The summed E-state index contributed by atoms with van der Waals surface area (Å²) in [6.45, 7) is 1.27. The molecule has 1 amide bonds. The summed E-state index contributed by atoms with van der Waals surface area (Å²) in [4.78, 5) is 12.9. The maximum absolute atomic E-state index is 11.3. The summed E-state index contributed by atoms with van der Waals surface area (Å²) < 4.78 is 4.73. The van der Waals surface area contributed by atoms with Crippen molar-refractivity contribution in [2.45, 2.75) is 12.1 Å². The Morgan fingerprint density at radius 1 is 1.69 bits per heavy atom. The van der Waals surface area contributed by atoms with Crippen molar-refractivity contribution in [2.75, 3.05) is 33.9 Å². The Kier molecular flexibility index (Phi) is 3.65. The van der Waals surface area contributed by atoms with Crippen LogP contribution in [-0.2, 0) is 9.53 Å². The molecule has 1 saturated heterocycles. The zero-order valence-corrected chi connectivity index (χ0v) is 7.99. The number of ether oxygens (including phenoxy) is 1. The molecule has 0 unspecified atom stereocenters. The maximum atomic E-state index is 11.3. The molecule has 2 N–H and O–H groups in total. The third-order valence-corrected chi connectivity index (χ3v) is 2.31. The van der Waals surface area contributed by atoms with Crippen molar-refractivity contribution < 1.29 is 14.6 Å². The summed E-state index contributed by atoms with van der Waals surface area (Å²) in [6, 6.07) is -0.123. The van der Waals surface area contributed by atoms with Crippen molar-refractivity contribution in [3.05, 3.63) is 0 Å². The fraction of sp³-hybridized carbons (Fsp3) is 0.875. The third-order valence-electron chi connectivity index (χ3n) is 2.31. The van der Waals surface area contributed by atoms with E-state index in [9.17, 15) is 9.90 Å². The third kappa shape index (κ3) is 2.40. The van der Waals surface area contributed by atoms with Gasteiger partial charge in [-0.05, 0) is 0 Å². The highest BCUT2D eigenvalue weighted by Crippen LogP contribution is 2.07. The average Bonchev–Trinajstić information content (AvgIpc) is 2.50. The molecule has 2 atom stereocenters. The van der Waals surface area contributed by atoms with E-state index in [-0.39, 0.29) is 18.6 Å². The van der Waals surface area contributed by atoms with Crippen LogP contribution in [0.3, 0.4) is 0 Å². The Morgan fingerprint density at radius 3 is 2.85 bits per heavy atom. The van der Waals surface area contributed by atoms with E-state index >= 15 is 0 Å². The molecule has 1 aliphatic heterocycles. The summed E-state index contributed by atoms with van der Waals surface area (Å²) in [5, 5.41) is 12.5. The summed E-state index contributed by atoms with van der Waals surface area (Å²) >= 11 is 0. The van der Waals surface area contributed by atoms with Gasteiger partial charge in [0.05, 0.1) is 12.1 Å². The van der Waals surface area contributed by atoms with Crippen molar-refractivity contribution in [2.24, 2.45) is 0 Å². The fourth-order valence-corrected chi connectivity index (χ4v) is 1.46. The van der Waals surface area contributed by atoms with Gasteiger partial charge in [0, 0.05) is 27.2 Å². The highest BCUT2D eigenvalue weighted by molar-refractivity contribution is 5.77. The lowest BCUT2D eigenvalue weighted by atomic mass is 10.2. The number of nitrogens with zero attached hydrogens (tertiary/aromatic N) is 1. The number of likely N-dealkylation sites (N-methyl/N-ethyl adjacent to an activating group) is 1. The van der Waals surface area contributed by atoms with Crippen LogP contribution < -0.4 is 5.32 Å². The van der Waals surface area contributed by atoms with E-state index in [1.807, 2.05) is 0 Å². The van der Waals surface area contributed by atoms with Gasteiger partial charge >= 0.3 is 0 Å². The quantitative estimate of drug-likeness (QED) is 0.561. The summed E-state index contributed by atoms with van der Waals surface area (Å²) in [5.41, 5.74) is 0. The molecule has 1 fully saturated rings. The predicted molar refractivity (Wildman–Crippen MR) is 47.3 cm³/mol. The fourth-order valence-electron chi connectivity index (χ4n) is 1.46. The summed E-state index contributed by atoms with van der Waals surface area (Å²) in [5.74, 6) is -0.102. The van der Waals surface area contributed by atoms with E-state index in [4.69, 9.17) is 4.74 Å². The van der Waals surface area contributed by atoms with Gasteiger partial charge in [-0.3, -0.25) is 4.79 Å². The van der Waals surface area contributed by atoms with Crippen molar-refractivity contribution >= 4 is 5.91 Å². The van der Waals surface area contributed by atoms with Crippen LogP contribution in [-0.4, -0.2) is 61.9 Å². The molecule has 76 valence electrons. The second-order valence-electron chi connectivity index (χ2n) is 3.23. The van der Waals surface area contributed by atoms with Gasteiger partial charge in [0.15, 0.2) is 0 Å². The Balaban J connectivity index is 2.45. The first-order valence-electron chi connectivity index (χ1n) is 4.30. The highest BCUT2D eigenvalue weighted by atomic mass is 16.5. The minimum absolute atomic E-state index is 0.0692. The van der Waals surface area contributed by atoms with E-state index in [0.29, 0.717) is 13.1 Å². The number of hydrogen-bond acceptors (Lipinski definition) is 4. The lowest BCUT2D eigenvalue weighted by Gasteiger charge is -2.25. The Hall–Kier alpha value is -0.650. The van der Waals surface area contributed by atoms with Crippen LogP contribution in [0.2, 0.25) is 0 Å². The zero-order valence-electron chi connectivity index (χ0n) is 7.99. The largest absolute Gasteiger partial charge is 0.390 e. The normalized spacial score (nSPS) is 27.6. The predicted octanol–water partition coefficient (Wildman–Crippen LogP) is -1.58. The minimum Gasteiger partial charge on any atom is -0.390 e. The summed E-state index contributed by atoms with van der Waals surface area (Å²) in [6.07, 6.45) is -0.467. The number of aliphatic hydroxyl groups is 1. The number of carbonyl (C=O) groups is 1. The van der Waals surface area contributed by atoms with Gasteiger partial charge in [0.25, 0.3) is 0 Å². The first-order valence-corrected chi connectivity index (χ1v) is 4.30. The van der Waals surface area contributed by atoms with Crippen molar-refractivity contribution in [1.29, 1.82) is 0 Å². The van der Waals surface area contributed by atoms with Gasteiger partial charge in [-0.25, -0.2) is 0 Å². The number of nitrogens with one attached hydrogen (secondary N) is 1. The van der Waals surface area contributed by atoms with Crippen LogP contribution in [0, 0.1) is 0 Å². The molecule has 5 nitrogen and oxygen atoms in total. The van der Waals surface area contributed by atoms with Gasteiger partial charge in [0.1, 0.15) is 6.61 Å². The molecular weight excluding hydrogens is 172 g/mol. The van der Waals surface area contributed by atoms with E-state index in [2.05, 4.69) is 5.32 Å². The maximum Gasteiger partial charge on any atom is 0.248 e. The molecule has 0 aromatic rings. The Morgan fingerprint density at radius 2 is 2.38 bits per heavy atom. The number of methoxy groups -OCH3 is 1. The van der Waals surface area contributed by atoms with Crippen LogP contribution in [0.15, 0.2) is 0 Å². The van der Waals surface area contributed by atoms with E-state index in [1.54, 1.807) is 7.05 Å². The van der Waals surface area contributed by atoms with Crippen molar-refractivity contribution in [1.82, 2.24) is 10.2 Å². The van der Waals surface area contributed by atoms with Crippen LogP contribution in [0.25, 0.3) is 0 Å². The first-order chi connectivity index (χ1) is 6.16. The van der Waals surface area contributed by atoms with Gasteiger partial charge in [-0.15, -0.1) is 0 Å². The average molecular weight is 188 g/mol. The number of β-amino-alcohol motifs (C(OH)–C–C–N with tert-alkyl or cyclic N) is 1. The van der Waals surface area contributed by atoms with E-state index in [1.165, 1.54) is 12.0 Å². The highest BCUT2D eigenvalue weighted by Gasteiger charge is 2.30. The standard InChI is InChI=1S/C8H16N2O3/c1-10(8(12)5-13-2)6-3-9-4-7(6)11/h6-7,9,11H,3-5H2,1-2H3/t6-,7-/m1/s1. The molecule has 1 heterocycles. The number of rotatable bonds is 3. The monoisotopic (exact) mass is 188 g/mol. The molecule has 0 spiro atoms. The SMILES string of the molecule is COCC(=O)N(C)[C@@H]1CNC[C@H]1O. The van der Waals surface area contributed by atoms with Crippen molar-refractivity contribution in [3.63, 3.8) is 0 Å². The molecule has 0 bridgehead atoms. The molecule has 1 aliphatic rings. The number of aliphatic hydroxyl groups excluding tert-OH is 1. The molecule has 0 saturated carbocycles. The second-order valence-corrected chi connectivity index (χ2v) is 3.23. The molecule has 0 radical (unpaired) electrons. The van der Waals surface area contributed by atoms with Gasteiger partial charge in [-0.1, -0.05) is 0 Å². The Bertz CT molecular complexity index is 186. The van der Waals surface area contributed by atoms with Crippen LogP contribution >= 0.6 is 0 Å². The number of hydrogen-bond donors (Lipinski definition) is 2. The lowest BCUT2D eigenvalue weighted by molar-refractivity contribution is -0.137. The van der Waals surface area contributed by atoms with Gasteiger partial charge in [0.2, 0.25) is 5.91 Å². The number of carbonyl (C=O) groups excluding carboxylic acids is 1. The molecule has 5 heteroatoms. The van der Waals surface area contributed by atoms with Gasteiger partial charge < -0.3 is 20.1 Å². The van der Waals surface area contributed by atoms with Crippen molar-refractivity contribution in [3.8, 4) is 0 Å². The van der Waals surface area contributed by atoms with Crippen LogP contribution in [0.5, 0.6) is 0 Å². The van der Waals surface area contributed by atoms with E-state index in [0.717, 1.165) is 0 Å². The van der Waals surface area contributed by atoms with Gasteiger partial charge in [-0.2, -0.15) is 0 Å². The minimum atomic E-state index is -0.467. The van der Waals surface area contributed by atoms with Crippen LogP contribution in [0.4, 0.5) is 0 Å². The first kappa shape index (κ1) is 10.4. The topological polar surface area (TPSA) is 61.8 Å². The second kappa shape index (κ2) is 4.55. The lowest BCUT2D eigenvalue weighted by Crippen LogP contribution is -2.45. The summed E-state index contributed by atoms with van der Waals surface area (Å²) in [7, 11) is 3.16. The molecule has 0 aromatic heterocycles. The smallest absolute Gasteiger partial charge is 0.248 e. The molecule has 0 aromatic carbocycles. The Labute approximate surface area is 77.7 Å². The molecule has 0 aliphatic carbocycles. The molecule has 1 rings (SSSR count). The molecular formula is C8H16N2O3. The number of amides is 1. The zero-order chi connectivity index (χ0) is 9.84. The van der Waals surface area contributed by atoms with E-state index < -0.39 is 6.10 Å².